The molecule has 1 aliphatic rings. The fraction of sp³-hybridized carbons (Fsp3) is 0.333. The van der Waals surface area contributed by atoms with Gasteiger partial charge in [0.2, 0.25) is 0 Å². The number of aryl methyl sites for hydroxylation is 2. The summed E-state index contributed by atoms with van der Waals surface area (Å²) < 4.78 is 5.23. The summed E-state index contributed by atoms with van der Waals surface area (Å²) in [6.45, 7) is 0. The maximum absolute atomic E-state index is 6.26. The van der Waals surface area contributed by atoms with E-state index in [-0.39, 0.29) is 6.04 Å². The summed E-state index contributed by atoms with van der Waals surface area (Å²) in [5.41, 5.74) is 5.44. The first-order valence-electron chi connectivity index (χ1n) is 7.35. The monoisotopic (exact) mass is 301 g/mol. The van der Waals surface area contributed by atoms with Crippen LogP contribution < -0.4 is 10.1 Å². The first-order chi connectivity index (χ1) is 10.2. The highest BCUT2D eigenvalue weighted by Crippen LogP contribution is 2.32. The van der Waals surface area contributed by atoms with E-state index in [9.17, 15) is 0 Å². The second kappa shape index (κ2) is 6.08. The molecule has 1 aliphatic carbocycles. The van der Waals surface area contributed by atoms with Crippen molar-refractivity contribution < 1.29 is 4.74 Å². The van der Waals surface area contributed by atoms with Gasteiger partial charge in [0.05, 0.1) is 18.2 Å². The SMILES string of the molecule is CNC(c1ccc(OC)c(Cl)c1)c1ccc2c(c1)CCC2. The van der Waals surface area contributed by atoms with Gasteiger partial charge in [-0.1, -0.05) is 35.9 Å². The molecular formula is C18H20ClNO. The Kier molecular flexibility index (Phi) is 4.18. The molecule has 0 fully saturated rings. The molecule has 0 amide bonds. The number of rotatable bonds is 4. The van der Waals surface area contributed by atoms with Crippen LogP contribution in [0.25, 0.3) is 0 Å². The zero-order chi connectivity index (χ0) is 14.8. The number of nitrogens with one attached hydrogen (secondary N) is 1. The molecule has 1 atom stereocenters. The zero-order valence-corrected chi connectivity index (χ0v) is 13.2. The van der Waals surface area contributed by atoms with Crippen molar-refractivity contribution in [1.29, 1.82) is 0 Å². The smallest absolute Gasteiger partial charge is 0.137 e. The highest BCUT2D eigenvalue weighted by atomic mass is 35.5. The zero-order valence-electron chi connectivity index (χ0n) is 12.4. The van der Waals surface area contributed by atoms with Crippen LogP contribution in [0, 0.1) is 0 Å². The average Bonchev–Trinajstić information content (AvgIpc) is 2.96. The first-order valence-corrected chi connectivity index (χ1v) is 7.73. The highest BCUT2D eigenvalue weighted by Gasteiger charge is 2.17. The van der Waals surface area contributed by atoms with Gasteiger partial charge in [-0.25, -0.2) is 0 Å². The topological polar surface area (TPSA) is 21.3 Å². The lowest BCUT2D eigenvalue weighted by molar-refractivity contribution is 0.414. The van der Waals surface area contributed by atoms with Crippen molar-refractivity contribution >= 4 is 11.6 Å². The van der Waals surface area contributed by atoms with Crippen molar-refractivity contribution in [3.63, 3.8) is 0 Å². The molecule has 0 bridgehead atoms. The van der Waals surface area contributed by atoms with Crippen LogP contribution in [0.15, 0.2) is 36.4 Å². The number of fused-ring (bicyclic) bond motifs is 1. The molecule has 0 spiro atoms. The molecule has 0 aliphatic heterocycles. The molecule has 1 N–H and O–H groups in total. The Morgan fingerprint density at radius 3 is 2.48 bits per heavy atom. The molecule has 0 radical (unpaired) electrons. The summed E-state index contributed by atoms with van der Waals surface area (Å²) in [7, 11) is 3.62. The van der Waals surface area contributed by atoms with Gasteiger partial charge < -0.3 is 10.1 Å². The van der Waals surface area contributed by atoms with Gasteiger partial charge in [-0.15, -0.1) is 0 Å². The third-order valence-electron chi connectivity index (χ3n) is 4.25. The van der Waals surface area contributed by atoms with Crippen LogP contribution >= 0.6 is 11.6 Å². The van der Waals surface area contributed by atoms with Gasteiger partial charge in [0, 0.05) is 0 Å². The second-order valence-electron chi connectivity index (χ2n) is 5.50. The van der Waals surface area contributed by atoms with E-state index >= 15 is 0 Å². The predicted molar refractivity (Wildman–Crippen MR) is 87.4 cm³/mol. The Morgan fingerprint density at radius 1 is 1.05 bits per heavy atom. The summed E-state index contributed by atoms with van der Waals surface area (Å²) in [6, 6.07) is 13.0. The number of hydrogen-bond donors (Lipinski definition) is 1. The van der Waals surface area contributed by atoms with Crippen molar-refractivity contribution in [3.05, 3.63) is 63.7 Å². The average molecular weight is 302 g/mol. The highest BCUT2D eigenvalue weighted by molar-refractivity contribution is 6.32. The number of benzene rings is 2. The van der Waals surface area contributed by atoms with Crippen LogP contribution in [0.4, 0.5) is 0 Å². The molecule has 0 heterocycles. The summed E-state index contributed by atoms with van der Waals surface area (Å²) in [5, 5.41) is 4.04. The minimum Gasteiger partial charge on any atom is -0.495 e. The lowest BCUT2D eigenvalue weighted by Gasteiger charge is -2.19. The van der Waals surface area contributed by atoms with E-state index in [0.717, 1.165) is 5.56 Å². The fourth-order valence-corrected chi connectivity index (χ4v) is 3.43. The maximum atomic E-state index is 6.26. The maximum Gasteiger partial charge on any atom is 0.137 e. The van der Waals surface area contributed by atoms with Gasteiger partial charge in [-0.3, -0.25) is 0 Å². The van der Waals surface area contributed by atoms with Crippen LogP contribution in [0.5, 0.6) is 5.75 Å². The quantitative estimate of drug-likeness (QED) is 0.916. The van der Waals surface area contributed by atoms with Crippen LogP contribution in [-0.2, 0) is 12.8 Å². The lowest BCUT2D eigenvalue weighted by atomic mass is 9.95. The molecule has 0 saturated carbocycles. The molecule has 110 valence electrons. The number of halogens is 1. The standard InChI is InChI=1S/C18H20ClNO/c1-20-18(15-8-9-17(21-2)16(19)11-15)14-7-6-12-4-3-5-13(12)10-14/h6-11,18,20H,3-5H2,1-2H3. The van der Waals surface area contributed by atoms with Crippen LogP contribution in [0.2, 0.25) is 5.02 Å². The largest absolute Gasteiger partial charge is 0.495 e. The Labute approximate surface area is 131 Å². The molecule has 21 heavy (non-hydrogen) atoms. The molecule has 0 saturated heterocycles. The molecule has 2 nitrogen and oxygen atoms in total. The minimum atomic E-state index is 0.152. The summed E-state index contributed by atoms with van der Waals surface area (Å²) in [5.74, 6) is 0.712. The lowest BCUT2D eigenvalue weighted by Crippen LogP contribution is -2.18. The van der Waals surface area contributed by atoms with E-state index in [1.807, 2.05) is 19.2 Å². The van der Waals surface area contributed by atoms with Gasteiger partial charge in [0.1, 0.15) is 5.75 Å². The van der Waals surface area contributed by atoms with Crippen molar-refractivity contribution in [2.24, 2.45) is 0 Å². The van der Waals surface area contributed by atoms with Crippen molar-refractivity contribution in [2.75, 3.05) is 14.2 Å². The van der Waals surface area contributed by atoms with Gasteiger partial charge in [-0.2, -0.15) is 0 Å². The minimum absolute atomic E-state index is 0.152. The van der Waals surface area contributed by atoms with Gasteiger partial charge >= 0.3 is 0 Å². The van der Waals surface area contributed by atoms with E-state index in [1.54, 1.807) is 7.11 Å². The number of ether oxygens (including phenoxy) is 1. The van der Waals surface area contributed by atoms with Crippen LogP contribution in [-0.4, -0.2) is 14.2 Å². The van der Waals surface area contributed by atoms with Gasteiger partial charge in [0.25, 0.3) is 0 Å². The Morgan fingerprint density at radius 2 is 1.76 bits per heavy atom. The van der Waals surface area contributed by atoms with Gasteiger partial charge in [0.15, 0.2) is 0 Å². The summed E-state index contributed by atoms with van der Waals surface area (Å²) in [6.07, 6.45) is 3.69. The Hall–Kier alpha value is -1.51. The normalized spacial score (nSPS) is 14.8. The molecule has 2 aromatic carbocycles. The van der Waals surface area contributed by atoms with Crippen molar-refractivity contribution in [1.82, 2.24) is 5.32 Å². The van der Waals surface area contributed by atoms with E-state index < -0.39 is 0 Å². The van der Waals surface area contributed by atoms with E-state index in [2.05, 4.69) is 29.6 Å². The van der Waals surface area contributed by atoms with E-state index in [4.69, 9.17) is 16.3 Å². The Bertz CT molecular complexity index is 654. The molecule has 2 aromatic rings. The molecule has 0 aromatic heterocycles. The molecule has 3 heteroatoms. The van der Waals surface area contributed by atoms with Crippen LogP contribution in [0.1, 0.15) is 34.7 Å². The van der Waals surface area contributed by atoms with Crippen molar-refractivity contribution in [3.8, 4) is 5.75 Å². The number of methoxy groups -OCH3 is 1. The molecule has 3 rings (SSSR count). The summed E-state index contributed by atoms with van der Waals surface area (Å²) in [4.78, 5) is 0. The molecular weight excluding hydrogens is 282 g/mol. The second-order valence-corrected chi connectivity index (χ2v) is 5.90. The number of hydrogen-bond acceptors (Lipinski definition) is 2. The fourth-order valence-electron chi connectivity index (χ4n) is 3.16. The summed E-state index contributed by atoms with van der Waals surface area (Å²) >= 11 is 6.26. The third kappa shape index (κ3) is 2.78. The van der Waals surface area contributed by atoms with E-state index in [0.29, 0.717) is 10.8 Å². The van der Waals surface area contributed by atoms with Crippen LogP contribution in [0.3, 0.4) is 0 Å². The first kappa shape index (κ1) is 14.4. The van der Waals surface area contributed by atoms with Gasteiger partial charge in [-0.05, 0) is 60.7 Å². The third-order valence-corrected chi connectivity index (χ3v) is 4.55. The Balaban J connectivity index is 1.96. The van der Waals surface area contributed by atoms with E-state index in [1.165, 1.54) is 36.0 Å². The predicted octanol–water partition coefficient (Wildman–Crippen LogP) is 4.15. The van der Waals surface area contributed by atoms with Crippen molar-refractivity contribution in [2.45, 2.75) is 25.3 Å². The molecule has 1 unspecified atom stereocenters.